The maximum atomic E-state index is 12.7. The molecule has 0 unspecified atom stereocenters. The summed E-state index contributed by atoms with van der Waals surface area (Å²) in [7, 11) is 1.67. The van der Waals surface area contributed by atoms with E-state index in [2.05, 4.69) is 24.8 Å². The Hall–Kier alpha value is -2.40. The third-order valence-corrected chi connectivity index (χ3v) is 5.72. The Kier molecular flexibility index (Phi) is 6.91. The molecule has 1 amide bonds. The van der Waals surface area contributed by atoms with Gasteiger partial charge in [0.25, 0.3) is 5.91 Å². The average Bonchev–Trinajstić information content (AvgIpc) is 2.74. The van der Waals surface area contributed by atoms with E-state index in [1.807, 2.05) is 42.2 Å². The van der Waals surface area contributed by atoms with E-state index < -0.39 is 0 Å². The topological polar surface area (TPSA) is 42.0 Å². The van der Waals surface area contributed by atoms with Gasteiger partial charge in [0.2, 0.25) is 0 Å². The van der Waals surface area contributed by atoms with Crippen LogP contribution in [0.15, 0.2) is 36.4 Å². The van der Waals surface area contributed by atoms with E-state index in [9.17, 15) is 4.79 Å². The van der Waals surface area contributed by atoms with Crippen LogP contribution in [0.25, 0.3) is 0 Å². The van der Waals surface area contributed by atoms with Crippen LogP contribution in [0.1, 0.15) is 30.9 Å². The largest absolute Gasteiger partial charge is 0.497 e. The Morgan fingerprint density at radius 3 is 2.52 bits per heavy atom. The molecule has 3 rings (SSSR count). The fraction of sp³-hybridized carbons (Fsp3) is 0.435. The van der Waals surface area contributed by atoms with Gasteiger partial charge >= 0.3 is 0 Å². The second kappa shape index (κ2) is 9.40. The number of carbonyl (C=O) groups excluding carboxylic acids is 1. The molecule has 6 heteroatoms. The summed E-state index contributed by atoms with van der Waals surface area (Å²) in [6.45, 7) is 9.10. The molecule has 0 aromatic heterocycles. The van der Waals surface area contributed by atoms with Crippen LogP contribution in [-0.2, 0) is 4.79 Å². The maximum Gasteiger partial charge on any atom is 0.260 e. The van der Waals surface area contributed by atoms with E-state index in [0.717, 1.165) is 46.4 Å². The van der Waals surface area contributed by atoms with E-state index in [4.69, 9.17) is 21.1 Å². The first kappa shape index (κ1) is 21.3. The highest BCUT2D eigenvalue weighted by molar-refractivity contribution is 6.31. The number of benzene rings is 2. The van der Waals surface area contributed by atoms with Crippen molar-refractivity contribution in [2.45, 2.75) is 26.7 Å². The number of hydrogen-bond acceptors (Lipinski definition) is 4. The van der Waals surface area contributed by atoms with Crippen LogP contribution in [0.4, 0.5) is 5.69 Å². The summed E-state index contributed by atoms with van der Waals surface area (Å²) in [5.74, 6) is 1.86. The van der Waals surface area contributed by atoms with Crippen molar-refractivity contribution < 1.29 is 14.3 Å². The van der Waals surface area contributed by atoms with Gasteiger partial charge in [0, 0.05) is 43.0 Å². The predicted octanol–water partition coefficient (Wildman–Crippen LogP) is 4.51. The SMILES string of the molecule is COc1cccc(N2CCN(C(=O)COc3cc(C)c(Cl)cc3C(C)C)CC2)c1. The molecule has 1 heterocycles. The van der Waals surface area contributed by atoms with Crippen LogP contribution in [0.5, 0.6) is 11.5 Å². The number of hydrogen-bond donors (Lipinski definition) is 0. The van der Waals surface area contributed by atoms with Gasteiger partial charge in [0.15, 0.2) is 6.61 Å². The number of amides is 1. The number of nitrogens with zero attached hydrogens (tertiary/aromatic N) is 2. The minimum atomic E-state index is 0.0117. The maximum absolute atomic E-state index is 12.7. The van der Waals surface area contributed by atoms with Crippen molar-refractivity contribution in [1.29, 1.82) is 0 Å². The molecule has 0 saturated carbocycles. The minimum Gasteiger partial charge on any atom is -0.497 e. The van der Waals surface area contributed by atoms with E-state index >= 15 is 0 Å². The Bertz CT molecular complexity index is 861. The molecule has 29 heavy (non-hydrogen) atoms. The van der Waals surface area contributed by atoms with Crippen LogP contribution in [0.3, 0.4) is 0 Å². The number of piperazine rings is 1. The molecule has 1 fully saturated rings. The third kappa shape index (κ3) is 5.15. The zero-order valence-electron chi connectivity index (χ0n) is 17.6. The fourth-order valence-corrected chi connectivity index (χ4v) is 3.67. The number of methoxy groups -OCH3 is 1. The standard InChI is InChI=1S/C23H29ClN2O3/c1-16(2)20-14-21(24)17(3)12-22(20)29-15-23(27)26-10-8-25(9-11-26)18-6-5-7-19(13-18)28-4/h5-7,12-14,16H,8-11,15H2,1-4H3. The molecule has 1 aliphatic heterocycles. The summed E-state index contributed by atoms with van der Waals surface area (Å²) >= 11 is 6.25. The average molecular weight is 417 g/mol. The number of rotatable bonds is 6. The lowest BCUT2D eigenvalue weighted by Crippen LogP contribution is -2.50. The van der Waals surface area contributed by atoms with Crippen molar-refractivity contribution in [1.82, 2.24) is 4.90 Å². The van der Waals surface area contributed by atoms with Crippen LogP contribution < -0.4 is 14.4 Å². The number of anilines is 1. The van der Waals surface area contributed by atoms with Gasteiger partial charge in [0.05, 0.1) is 7.11 Å². The predicted molar refractivity (Wildman–Crippen MR) is 118 cm³/mol. The summed E-state index contributed by atoms with van der Waals surface area (Å²) in [6.07, 6.45) is 0. The van der Waals surface area contributed by atoms with E-state index in [0.29, 0.717) is 13.1 Å². The molecule has 0 radical (unpaired) electrons. The van der Waals surface area contributed by atoms with Gasteiger partial charge in [-0.15, -0.1) is 0 Å². The van der Waals surface area contributed by atoms with Gasteiger partial charge in [-0.25, -0.2) is 0 Å². The van der Waals surface area contributed by atoms with Crippen LogP contribution in [-0.4, -0.2) is 50.7 Å². The molecule has 2 aromatic rings. The summed E-state index contributed by atoms with van der Waals surface area (Å²) in [5.41, 5.74) is 3.09. The lowest BCUT2D eigenvalue weighted by atomic mass is 10.0. The van der Waals surface area contributed by atoms with Gasteiger partial charge in [-0.3, -0.25) is 4.79 Å². The third-order valence-electron chi connectivity index (χ3n) is 5.32. The number of aryl methyl sites for hydroxylation is 1. The van der Waals surface area contributed by atoms with Crippen molar-refractivity contribution in [2.75, 3.05) is 44.8 Å². The molecule has 0 atom stereocenters. The van der Waals surface area contributed by atoms with Crippen LogP contribution in [0.2, 0.25) is 5.02 Å². The van der Waals surface area contributed by atoms with Crippen LogP contribution >= 0.6 is 11.6 Å². The van der Waals surface area contributed by atoms with Gasteiger partial charge in [0.1, 0.15) is 11.5 Å². The molecule has 0 aliphatic carbocycles. The normalized spacial score (nSPS) is 14.3. The second-order valence-corrected chi connectivity index (χ2v) is 8.06. The molecule has 0 spiro atoms. The van der Waals surface area contributed by atoms with Gasteiger partial charge in [-0.1, -0.05) is 31.5 Å². The Morgan fingerprint density at radius 2 is 1.86 bits per heavy atom. The Morgan fingerprint density at radius 1 is 1.14 bits per heavy atom. The monoisotopic (exact) mass is 416 g/mol. The highest BCUT2D eigenvalue weighted by Gasteiger charge is 2.22. The number of halogens is 1. The zero-order chi connectivity index (χ0) is 21.0. The summed E-state index contributed by atoms with van der Waals surface area (Å²) in [4.78, 5) is 16.8. The smallest absolute Gasteiger partial charge is 0.260 e. The molecule has 1 aliphatic rings. The molecular formula is C23H29ClN2O3. The summed E-state index contributed by atoms with van der Waals surface area (Å²) < 4.78 is 11.2. The van der Waals surface area contributed by atoms with Crippen molar-refractivity contribution in [3.63, 3.8) is 0 Å². The van der Waals surface area contributed by atoms with Gasteiger partial charge in [-0.05, 0) is 48.2 Å². The molecule has 1 saturated heterocycles. The van der Waals surface area contributed by atoms with Crippen LogP contribution in [0, 0.1) is 6.92 Å². The van der Waals surface area contributed by atoms with E-state index in [-0.39, 0.29) is 18.4 Å². The molecule has 156 valence electrons. The minimum absolute atomic E-state index is 0.0117. The second-order valence-electron chi connectivity index (χ2n) is 7.65. The molecule has 5 nitrogen and oxygen atoms in total. The molecule has 0 N–H and O–H groups in total. The zero-order valence-corrected chi connectivity index (χ0v) is 18.3. The fourth-order valence-electron chi connectivity index (χ4n) is 3.50. The lowest BCUT2D eigenvalue weighted by Gasteiger charge is -2.36. The van der Waals surface area contributed by atoms with Crippen molar-refractivity contribution >= 4 is 23.2 Å². The molecular weight excluding hydrogens is 388 g/mol. The molecule has 2 aromatic carbocycles. The quantitative estimate of drug-likeness (QED) is 0.694. The first-order valence-electron chi connectivity index (χ1n) is 9.98. The van der Waals surface area contributed by atoms with Crippen molar-refractivity contribution in [2.24, 2.45) is 0 Å². The van der Waals surface area contributed by atoms with Crippen molar-refractivity contribution in [3.05, 3.63) is 52.5 Å². The molecule has 0 bridgehead atoms. The number of ether oxygens (including phenoxy) is 2. The Labute approximate surface area is 178 Å². The van der Waals surface area contributed by atoms with Gasteiger partial charge < -0.3 is 19.3 Å². The van der Waals surface area contributed by atoms with Gasteiger partial charge in [-0.2, -0.15) is 0 Å². The summed E-state index contributed by atoms with van der Waals surface area (Å²) in [5, 5.41) is 0.723. The lowest BCUT2D eigenvalue weighted by molar-refractivity contribution is -0.133. The summed E-state index contributed by atoms with van der Waals surface area (Å²) in [6, 6.07) is 11.9. The number of carbonyl (C=O) groups is 1. The first-order valence-corrected chi connectivity index (χ1v) is 10.4. The van der Waals surface area contributed by atoms with E-state index in [1.165, 1.54) is 0 Å². The van der Waals surface area contributed by atoms with E-state index in [1.54, 1.807) is 7.11 Å². The Balaban J connectivity index is 1.57. The van der Waals surface area contributed by atoms with Crippen molar-refractivity contribution in [3.8, 4) is 11.5 Å². The highest BCUT2D eigenvalue weighted by Crippen LogP contribution is 2.32. The first-order chi connectivity index (χ1) is 13.9. The highest BCUT2D eigenvalue weighted by atomic mass is 35.5.